The van der Waals surface area contributed by atoms with Crippen LogP contribution in [0.4, 0.5) is 5.69 Å². The Morgan fingerprint density at radius 1 is 1.21 bits per heavy atom. The zero-order valence-electron chi connectivity index (χ0n) is 18.6. The predicted octanol–water partition coefficient (Wildman–Crippen LogP) is 1.99. The summed E-state index contributed by atoms with van der Waals surface area (Å²) in [6, 6.07) is 6.72. The lowest BCUT2D eigenvalue weighted by Gasteiger charge is -2.41. The van der Waals surface area contributed by atoms with Crippen LogP contribution in [0, 0.1) is 0 Å². The van der Waals surface area contributed by atoms with Crippen LogP contribution in [0.5, 0.6) is 0 Å². The monoisotopic (exact) mass is 454 g/mol. The molecule has 2 aliphatic heterocycles. The van der Waals surface area contributed by atoms with Gasteiger partial charge >= 0.3 is 17.9 Å². The Kier molecular flexibility index (Phi) is 5.97. The molecular weight excluding hydrogens is 428 g/mol. The molecule has 9 nitrogen and oxygen atoms in total. The Hall–Kier alpha value is -3.62. The molecule has 1 aromatic carbocycles. The molecule has 1 atom stereocenters. The highest BCUT2D eigenvalue weighted by Crippen LogP contribution is 2.55. The fourth-order valence-electron chi connectivity index (χ4n) is 4.72. The van der Waals surface area contributed by atoms with Crippen LogP contribution in [0.2, 0.25) is 0 Å². The Bertz CT molecular complexity index is 1100. The van der Waals surface area contributed by atoms with E-state index in [1.54, 1.807) is 24.3 Å². The van der Waals surface area contributed by atoms with Gasteiger partial charge in [-0.3, -0.25) is 9.59 Å². The van der Waals surface area contributed by atoms with Gasteiger partial charge in [0.1, 0.15) is 23.7 Å². The molecule has 0 saturated heterocycles. The van der Waals surface area contributed by atoms with E-state index in [-0.39, 0.29) is 48.1 Å². The fourth-order valence-corrected chi connectivity index (χ4v) is 4.72. The molecule has 9 heteroatoms. The maximum absolute atomic E-state index is 13.6. The minimum absolute atomic E-state index is 0.121. The molecule has 1 aliphatic carbocycles. The molecule has 0 unspecified atom stereocenters. The minimum atomic E-state index is -1.84. The summed E-state index contributed by atoms with van der Waals surface area (Å²) < 4.78 is 15.9. The average Bonchev–Trinajstić information content (AvgIpc) is 3.10. The van der Waals surface area contributed by atoms with Crippen molar-refractivity contribution in [2.24, 2.45) is 5.73 Å². The van der Waals surface area contributed by atoms with Crippen LogP contribution in [0.25, 0.3) is 0 Å². The van der Waals surface area contributed by atoms with Gasteiger partial charge in [0.2, 0.25) is 0 Å². The van der Waals surface area contributed by atoms with Crippen LogP contribution >= 0.6 is 0 Å². The maximum Gasteiger partial charge on any atom is 0.339 e. The van der Waals surface area contributed by atoms with E-state index in [1.165, 1.54) is 12.0 Å². The highest BCUT2D eigenvalue weighted by atomic mass is 16.6. The van der Waals surface area contributed by atoms with E-state index in [1.807, 2.05) is 6.92 Å². The molecule has 1 aromatic rings. The Labute approximate surface area is 191 Å². The van der Waals surface area contributed by atoms with E-state index in [2.05, 4.69) is 0 Å². The molecule has 2 N–H and O–H groups in total. The van der Waals surface area contributed by atoms with E-state index >= 15 is 0 Å². The number of esters is 3. The topological polar surface area (TPSA) is 125 Å². The normalized spacial score (nSPS) is 21.7. The lowest BCUT2D eigenvalue weighted by molar-refractivity contribution is -0.146. The van der Waals surface area contributed by atoms with Crippen LogP contribution in [0.3, 0.4) is 0 Å². The van der Waals surface area contributed by atoms with Crippen LogP contribution in [0.15, 0.2) is 47.0 Å². The van der Waals surface area contributed by atoms with Gasteiger partial charge in [0.15, 0.2) is 11.2 Å². The molecule has 0 aromatic heterocycles. The molecule has 174 valence electrons. The number of benzene rings is 1. The quantitative estimate of drug-likeness (QED) is 0.390. The number of carbonyl (C=O) groups excluding carboxylic acids is 4. The lowest BCUT2D eigenvalue weighted by Crippen LogP contribution is -2.51. The third-order valence-electron chi connectivity index (χ3n) is 6.23. The van der Waals surface area contributed by atoms with Crippen LogP contribution in [-0.2, 0) is 38.8 Å². The van der Waals surface area contributed by atoms with Crippen LogP contribution in [0.1, 0.15) is 44.6 Å². The molecule has 4 rings (SSSR count). The number of unbranched alkanes of at least 4 members (excludes halogenated alkanes) is 1. The van der Waals surface area contributed by atoms with Gasteiger partial charge in [-0.2, -0.15) is 0 Å². The first-order chi connectivity index (χ1) is 15.9. The van der Waals surface area contributed by atoms with Crippen molar-refractivity contribution in [2.75, 3.05) is 25.2 Å². The Balaban J connectivity index is 2.00. The van der Waals surface area contributed by atoms with E-state index in [9.17, 15) is 19.2 Å². The average molecular weight is 454 g/mol. The lowest BCUT2D eigenvalue weighted by atomic mass is 9.64. The number of para-hydroxylation sites is 1. The first kappa shape index (κ1) is 22.6. The van der Waals surface area contributed by atoms with E-state index in [4.69, 9.17) is 19.9 Å². The fraction of sp³-hybridized carbons (Fsp3) is 0.417. The van der Waals surface area contributed by atoms with Crippen molar-refractivity contribution in [3.63, 3.8) is 0 Å². The number of allylic oxidation sites excluding steroid dienone is 1. The van der Waals surface area contributed by atoms with Crippen molar-refractivity contribution in [3.8, 4) is 0 Å². The zero-order chi connectivity index (χ0) is 23.8. The number of Topliss-reactive ketones (excluding diaryl/α,β-unsaturated/α-hetero) is 1. The van der Waals surface area contributed by atoms with Gasteiger partial charge < -0.3 is 24.8 Å². The van der Waals surface area contributed by atoms with Crippen molar-refractivity contribution in [1.82, 2.24) is 0 Å². The number of ether oxygens (including phenoxy) is 3. The van der Waals surface area contributed by atoms with Crippen molar-refractivity contribution >= 4 is 29.4 Å². The number of rotatable bonds is 6. The minimum Gasteiger partial charge on any atom is -0.468 e. The van der Waals surface area contributed by atoms with Crippen molar-refractivity contribution in [3.05, 3.63) is 52.6 Å². The van der Waals surface area contributed by atoms with Crippen molar-refractivity contribution in [2.45, 2.75) is 44.4 Å². The summed E-state index contributed by atoms with van der Waals surface area (Å²) in [6.07, 6.45) is 2.59. The van der Waals surface area contributed by atoms with Gasteiger partial charge in [-0.25, -0.2) is 9.59 Å². The SMILES string of the molecule is CCCCOC(=O)C1=C(N)N(CC(=O)OC)c2ccccc2[C@@]12C(=O)OC1=C2C(=O)CCC1. The molecule has 0 radical (unpaired) electrons. The van der Waals surface area contributed by atoms with E-state index in [0.29, 0.717) is 30.5 Å². The maximum atomic E-state index is 13.6. The summed E-state index contributed by atoms with van der Waals surface area (Å²) in [5, 5.41) is 0. The Morgan fingerprint density at radius 2 is 1.97 bits per heavy atom. The molecule has 3 aliphatic rings. The third kappa shape index (κ3) is 3.39. The first-order valence-electron chi connectivity index (χ1n) is 11.0. The summed E-state index contributed by atoms with van der Waals surface area (Å²) in [5.74, 6) is -2.34. The van der Waals surface area contributed by atoms with Gasteiger partial charge in [0, 0.05) is 24.1 Å². The summed E-state index contributed by atoms with van der Waals surface area (Å²) in [4.78, 5) is 53.7. The second-order valence-electron chi connectivity index (χ2n) is 8.14. The second kappa shape index (κ2) is 8.73. The second-order valence-corrected chi connectivity index (χ2v) is 8.14. The predicted molar refractivity (Wildman–Crippen MR) is 117 cm³/mol. The molecule has 33 heavy (non-hydrogen) atoms. The van der Waals surface area contributed by atoms with E-state index < -0.39 is 23.3 Å². The van der Waals surface area contributed by atoms with Crippen molar-refractivity contribution < 1.29 is 33.4 Å². The van der Waals surface area contributed by atoms with E-state index in [0.717, 1.165) is 6.42 Å². The van der Waals surface area contributed by atoms with Gasteiger partial charge in [0.25, 0.3) is 0 Å². The number of fused-ring (bicyclic) bond motifs is 3. The number of ketones is 1. The highest BCUT2D eigenvalue weighted by molar-refractivity contribution is 6.18. The number of hydrogen-bond donors (Lipinski definition) is 1. The first-order valence-corrected chi connectivity index (χ1v) is 11.0. The number of nitrogens with two attached hydrogens (primary N) is 1. The summed E-state index contributed by atoms with van der Waals surface area (Å²) >= 11 is 0. The highest BCUT2D eigenvalue weighted by Gasteiger charge is 2.63. The van der Waals surface area contributed by atoms with Gasteiger partial charge in [0.05, 0.1) is 19.3 Å². The smallest absolute Gasteiger partial charge is 0.339 e. The molecule has 0 amide bonds. The molecule has 0 bridgehead atoms. The van der Waals surface area contributed by atoms with Crippen molar-refractivity contribution in [1.29, 1.82) is 0 Å². The molecule has 1 spiro atoms. The van der Waals surface area contributed by atoms with Gasteiger partial charge in [-0.15, -0.1) is 0 Å². The number of methoxy groups -OCH3 is 1. The molecular formula is C24H26N2O7. The third-order valence-corrected chi connectivity index (χ3v) is 6.23. The van der Waals surface area contributed by atoms with Crippen LogP contribution in [-0.4, -0.2) is 44.0 Å². The number of nitrogens with zero attached hydrogens (tertiary/aromatic N) is 1. The Morgan fingerprint density at radius 3 is 2.70 bits per heavy atom. The van der Waals surface area contributed by atoms with Crippen LogP contribution < -0.4 is 10.6 Å². The summed E-state index contributed by atoms with van der Waals surface area (Å²) in [6.45, 7) is 1.77. The number of hydrogen-bond acceptors (Lipinski definition) is 9. The summed E-state index contributed by atoms with van der Waals surface area (Å²) in [5.41, 5.74) is 5.33. The molecule has 0 fully saturated rings. The van der Waals surface area contributed by atoms with Gasteiger partial charge in [-0.05, 0) is 18.9 Å². The largest absolute Gasteiger partial charge is 0.468 e. The summed E-state index contributed by atoms with van der Waals surface area (Å²) in [7, 11) is 1.24. The number of anilines is 1. The standard InChI is InChI=1S/C24H26N2O7/c1-3-4-12-32-22(29)20-21(25)26(13-18(28)31-2)15-9-6-5-8-14(15)24(20)19-16(27)10-7-11-17(19)33-23(24)30/h5-6,8-9H,3-4,7,10-13,25H2,1-2H3/t24-/m0/s1. The zero-order valence-corrected chi connectivity index (χ0v) is 18.6. The molecule has 0 saturated carbocycles. The molecule has 2 heterocycles. The number of carbonyl (C=O) groups is 4. The van der Waals surface area contributed by atoms with Gasteiger partial charge in [-0.1, -0.05) is 31.5 Å².